The van der Waals surface area contributed by atoms with Crippen molar-refractivity contribution < 1.29 is 5.21 Å². The maximum atomic E-state index is 8.36. The van der Waals surface area contributed by atoms with Gasteiger partial charge in [-0.15, -0.1) is 0 Å². The fraction of sp³-hybridized carbons (Fsp3) is 0.0833. The Kier molecular flexibility index (Phi) is 4.21. The van der Waals surface area contributed by atoms with Crippen molar-refractivity contribution in [2.75, 3.05) is 0 Å². The van der Waals surface area contributed by atoms with E-state index in [1.807, 2.05) is 48.6 Å². The molecule has 0 aliphatic heterocycles. The summed E-state index contributed by atoms with van der Waals surface area (Å²) in [7, 11) is 0. The second-order valence-electron chi connectivity index (χ2n) is 2.87. The van der Waals surface area contributed by atoms with E-state index in [0.29, 0.717) is 5.71 Å². The summed E-state index contributed by atoms with van der Waals surface area (Å²) in [5, 5.41) is 11.4. The molecule has 2 heteroatoms. The van der Waals surface area contributed by atoms with Gasteiger partial charge >= 0.3 is 0 Å². The lowest BCUT2D eigenvalue weighted by molar-refractivity contribution is 0.319. The van der Waals surface area contributed by atoms with Crippen LogP contribution in [0.15, 0.2) is 53.7 Å². The molecule has 14 heavy (non-hydrogen) atoms. The van der Waals surface area contributed by atoms with Gasteiger partial charge in [0.1, 0.15) is 0 Å². The number of hydrogen-bond acceptors (Lipinski definition) is 2. The minimum atomic E-state index is 0.586. The van der Waals surface area contributed by atoms with Crippen LogP contribution < -0.4 is 0 Å². The fourth-order valence-electron chi connectivity index (χ4n) is 0.959. The molecule has 2 nitrogen and oxygen atoms in total. The Morgan fingerprint density at radius 2 is 1.93 bits per heavy atom. The number of benzene rings is 1. The number of rotatable bonds is 3. The summed E-state index contributed by atoms with van der Waals surface area (Å²) >= 11 is 0. The van der Waals surface area contributed by atoms with E-state index in [2.05, 4.69) is 5.16 Å². The predicted molar refractivity (Wildman–Crippen MR) is 59.5 cm³/mol. The summed E-state index contributed by atoms with van der Waals surface area (Å²) in [5.41, 5.74) is 1.73. The van der Waals surface area contributed by atoms with Crippen LogP contribution in [-0.2, 0) is 0 Å². The maximum absolute atomic E-state index is 8.36. The molecule has 0 saturated heterocycles. The van der Waals surface area contributed by atoms with Crippen LogP contribution in [0.1, 0.15) is 12.5 Å². The molecule has 0 aliphatic carbocycles. The van der Waals surface area contributed by atoms with Crippen LogP contribution in [0.2, 0.25) is 0 Å². The largest absolute Gasteiger partial charge is 0.411 e. The van der Waals surface area contributed by atoms with Crippen molar-refractivity contribution in [3.8, 4) is 0 Å². The quantitative estimate of drug-likeness (QED) is 0.335. The van der Waals surface area contributed by atoms with Gasteiger partial charge in [0.15, 0.2) is 0 Å². The molecule has 1 aromatic rings. The van der Waals surface area contributed by atoms with Crippen molar-refractivity contribution in [2.45, 2.75) is 6.92 Å². The van der Waals surface area contributed by atoms with Gasteiger partial charge in [-0.3, -0.25) is 0 Å². The topological polar surface area (TPSA) is 32.6 Å². The van der Waals surface area contributed by atoms with Crippen molar-refractivity contribution in [1.29, 1.82) is 0 Å². The first-order chi connectivity index (χ1) is 6.83. The third-order valence-corrected chi connectivity index (χ3v) is 1.69. The van der Waals surface area contributed by atoms with Crippen LogP contribution in [0.3, 0.4) is 0 Å². The molecule has 0 spiro atoms. The maximum Gasteiger partial charge on any atom is 0.0764 e. The van der Waals surface area contributed by atoms with Crippen molar-refractivity contribution >= 4 is 11.8 Å². The normalized spacial score (nSPS) is 12.8. The Morgan fingerprint density at radius 1 is 1.21 bits per heavy atom. The van der Waals surface area contributed by atoms with Gasteiger partial charge in [-0.1, -0.05) is 53.7 Å². The SMILES string of the molecule is C/C(C=CC=Cc1ccccc1)=N\O. The summed E-state index contributed by atoms with van der Waals surface area (Å²) in [4.78, 5) is 0. The van der Waals surface area contributed by atoms with E-state index in [1.165, 1.54) is 0 Å². The van der Waals surface area contributed by atoms with E-state index in [9.17, 15) is 0 Å². The minimum Gasteiger partial charge on any atom is -0.411 e. The molecule has 0 radical (unpaired) electrons. The average molecular weight is 187 g/mol. The van der Waals surface area contributed by atoms with Crippen molar-refractivity contribution in [3.05, 3.63) is 54.1 Å². The Balaban J connectivity index is 2.54. The van der Waals surface area contributed by atoms with Crippen LogP contribution in [-0.4, -0.2) is 10.9 Å². The summed E-state index contributed by atoms with van der Waals surface area (Å²) < 4.78 is 0. The fourth-order valence-corrected chi connectivity index (χ4v) is 0.959. The van der Waals surface area contributed by atoms with Crippen molar-refractivity contribution in [2.24, 2.45) is 5.16 Å². The second-order valence-corrected chi connectivity index (χ2v) is 2.87. The zero-order chi connectivity index (χ0) is 10.2. The molecule has 0 aliphatic rings. The van der Waals surface area contributed by atoms with Crippen LogP contribution in [0.25, 0.3) is 6.08 Å². The number of oxime groups is 1. The smallest absolute Gasteiger partial charge is 0.0764 e. The van der Waals surface area contributed by atoms with E-state index in [4.69, 9.17) is 5.21 Å². The summed E-state index contributed by atoms with van der Waals surface area (Å²) in [6, 6.07) is 10.0. The highest BCUT2D eigenvalue weighted by Gasteiger charge is 1.81. The monoisotopic (exact) mass is 187 g/mol. The highest BCUT2D eigenvalue weighted by atomic mass is 16.4. The highest BCUT2D eigenvalue weighted by molar-refractivity contribution is 5.92. The highest BCUT2D eigenvalue weighted by Crippen LogP contribution is 2.00. The molecule has 72 valence electrons. The molecular formula is C12H13NO. The van der Waals surface area contributed by atoms with Crippen LogP contribution in [0.5, 0.6) is 0 Å². The second kappa shape index (κ2) is 5.75. The van der Waals surface area contributed by atoms with E-state index in [1.54, 1.807) is 13.0 Å². The van der Waals surface area contributed by atoms with Crippen LogP contribution in [0, 0.1) is 0 Å². The first-order valence-electron chi connectivity index (χ1n) is 4.41. The number of nitrogens with zero attached hydrogens (tertiary/aromatic N) is 1. The van der Waals surface area contributed by atoms with Gasteiger partial charge in [-0.2, -0.15) is 0 Å². The third kappa shape index (κ3) is 3.72. The molecular weight excluding hydrogens is 174 g/mol. The Hall–Kier alpha value is -1.83. The van der Waals surface area contributed by atoms with Gasteiger partial charge in [0.05, 0.1) is 5.71 Å². The predicted octanol–water partition coefficient (Wildman–Crippen LogP) is 3.11. The van der Waals surface area contributed by atoms with Crippen molar-refractivity contribution in [1.82, 2.24) is 0 Å². The van der Waals surface area contributed by atoms with Gasteiger partial charge in [0, 0.05) is 0 Å². The Bertz CT molecular complexity index is 350. The van der Waals surface area contributed by atoms with E-state index in [0.717, 1.165) is 5.56 Å². The first kappa shape index (κ1) is 10.3. The van der Waals surface area contributed by atoms with Gasteiger partial charge in [-0.25, -0.2) is 0 Å². The number of hydrogen-bond donors (Lipinski definition) is 1. The zero-order valence-corrected chi connectivity index (χ0v) is 8.09. The molecule has 1 aromatic carbocycles. The standard InChI is InChI=1S/C12H13NO/c1-11(13-14)7-5-6-10-12-8-3-2-4-9-12/h2-10,14H,1H3/b7-5?,10-6?,13-11+. The first-order valence-corrected chi connectivity index (χ1v) is 4.41. The number of allylic oxidation sites excluding steroid dienone is 3. The summed E-state index contributed by atoms with van der Waals surface area (Å²) in [6.45, 7) is 1.73. The van der Waals surface area contributed by atoms with Gasteiger partial charge < -0.3 is 5.21 Å². The molecule has 0 heterocycles. The third-order valence-electron chi connectivity index (χ3n) is 1.69. The van der Waals surface area contributed by atoms with Crippen LogP contribution >= 0.6 is 0 Å². The average Bonchev–Trinajstić information content (AvgIpc) is 2.25. The summed E-state index contributed by atoms with van der Waals surface area (Å²) in [5.74, 6) is 0. The lowest BCUT2D eigenvalue weighted by Gasteiger charge is -1.88. The Morgan fingerprint density at radius 3 is 2.57 bits per heavy atom. The molecule has 0 saturated carbocycles. The molecule has 0 fully saturated rings. The summed E-state index contributed by atoms with van der Waals surface area (Å²) in [6.07, 6.45) is 7.46. The molecule has 1 rings (SSSR count). The molecule has 1 N–H and O–H groups in total. The zero-order valence-electron chi connectivity index (χ0n) is 8.09. The molecule has 0 bridgehead atoms. The van der Waals surface area contributed by atoms with Gasteiger partial charge in [0.25, 0.3) is 0 Å². The van der Waals surface area contributed by atoms with E-state index >= 15 is 0 Å². The molecule has 0 atom stereocenters. The molecule has 0 amide bonds. The molecule has 0 aromatic heterocycles. The Labute approximate surface area is 83.9 Å². The van der Waals surface area contributed by atoms with E-state index in [-0.39, 0.29) is 0 Å². The lowest BCUT2D eigenvalue weighted by atomic mass is 10.2. The van der Waals surface area contributed by atoms with Gasteiger partial charge in [0.2, 0.25) is 0 Å². The van der Waals surface area contributed by atoms with Gasteiger partial charge in [-0.05, 0) is 18.6 Å². The minimum absolute atomic E-state index is 0.586. The lowest BCUT2D eigenvalue weighted by Crippen LogP contribution is -1.80. The molecule has 0 unspecified atom stereocenters. The van der Waals surface area contributed by atoms with E-state index < -0.39 is 0 Å². The van der Waals surface area contributed by atoms with Crippen LogP contribution in [0.4, 0.5) is 0 Å². The van der Waals surface area contributed by atoms with Crippen molar-refractivity contribution in [3.63, 3.8) is 0 Å².